The molecule has 3 rings (SSSR count). The number of hydrogen-bond donors (Lipinski definition) is 1. The summed E-state index contributed by atoms with van der Waals surface area (Å²) >= 11 is 4.02. The lowest BCUT2D eigenvalue weighted by Gasteiger charge is -2.23. The molecule has 1 aromatic rings. The highest BCUT2D eigenvalue weighted by atomic mass is 32.2. The fourth-order valence-corrected chi connectivity index (χ4v) is 5.90. The molecule has 0 radical (unpaired) electrons. The molecular weight excluding hydrogens is 312 g/mol. The second-order valence-electron chi connectivity index (χ2n) is 6.54. The molecule has 5 heteroatoms. The molecule has 1 unspecified atom stereocenters. The Hall–Kier alpha value is -0.650. The van der Waals surface area contributed by atoms with Crippen molar-refractivity contribution in [3.63, 3.8) is 0 Å². The summed E-state index contributed by atoms with van der Waals surface area (Å²) in [6.45, 7) is 4.41. The van der Waals surface area contributed by atoms with Gasteiger partial charge >= 0.3 is 0 Å². The lowest BCUT2D eigenvalue weighted by Crippen LogP contribution is -2.34. The van der Waals surface area contributed by atoms with Crippen molar-refractivity contribution >= 4 is 29.4 Å². The first-order valence-electron chi connectivity index (χ1n) is 7.94. The fourth-order valence-electron chi connectivity index (χ4n) is 3.01. The third-order valence-corrected chi connectivity index (χ3v) is 7.61. The minimum atomic E-state index is 0.0883. The van der Waals surface area contributed by atoms with Gasteiger partial charge in [-0.05, 0) is 54.0 Å². The Kier molecular flexibility index (Phi) is 5.05. The van der Waals surface area contributed by atoms with E-state index in [4.69, 9.17) is 5.73 Å². The first-order chi connectivity index (χ1) is 10.6. The minimum absolute atomic E-state index is 0.0883. The molecule has 120 valence electrons. The molecule has 0 aliphatic carbocycles. The summed E-state index contributed by atoms with van der Waals surface area (Å²) < 4.78 is 0.533. The summed E-state index contributed by atoms with van der Waals surface area (Å²) in [5.74, 6) is 2.63. The molecule has 0 spiro atoms. The summed E-state index contributed by atoms with van der Waals surface area (Å²) in [5.41, 5.74) is 8.05. The van der Waals surface area contributed by atoms with Crippen molar-refractivity contribution in [3.8, 4) is 0 Å². The maximum atomic E-state index is 12.6. The van der Waals surface area contributed by atoms with Gasteiger partial charge in [0.15, 0.2) is 0 Å². The van der Waals surface area contributed by atoms with Gasteiger partial charge in [-0.3, -0.25) is 4.79 Å². The molecule has 2 aliphatic rings. The molecule has 0 saturated carbocycles. The highest BCUT2D eigenvalue weighted by molar-refractivity contribution is 8.16. The van der Waals surface area contributed by atoms with Crippen LogP contribution in [0.1, 0.15) is 40.3 Å². The smallest absolute Gasteiger partial charge is 0.253 e. The van der Waals surface area contributed by atoms with Gasteiger partial charge in [-0.1, -0.05) is 19.1 Å². The van der Waals surface area contributed by atoms with Crippen molar-refractivity contribution in [3.05, 3.63) is 35.4 Å². The molecule has 2 N–H and O–H groups in total. The van der Waals surface area contributed by atoms with E-state index < -0.39 is 0 Å². The average molecular weight is 337 g/mol. The normalized spacial score (nSPS) is 26.4. The predicted molar refractivity (Wildman–Crippen MR) is 96.4 cm³/mol. The van der Waals surface area contributed by atoms with E-state index in [1.807, 2.05) is 40.6 Å². The van der Waals surface area contributed by atoms with E-state index in [0.29, 0.717) is 11.1 Å². The van der Waals surface area contributed by atoms with Crippen LogP contribution in [0.4, 0.5) is 0 Å². The number of amides is 1. The van der Waals surface area contributed by atoms with Crippen LogP contribution in [0.2, 0.25) is 0 Å². The Balaban J connectivity index is 1.66. The standard InChI is InChI=1S/C17H24N2OS2/c1-17(11-18)7-8-19(12-17)15(20)13-3-5-14(6-4-13)16-21-9-2-10-22-16/h3-6,16H,2,7-12,18H2,1H3. The zero-order chi connectivity index (χ0) is 15.6. The molecule has 0 bridgehead atoms. The first-order valence-corrected chi connectivity index (χ1v) is 10.0. The summed E-state index contributed by atoms with van der Waals surface area (Å²) in [5, 5.41) is 0. The summed E-state index contributed by atoms with van der Waals surface area (Å²) in [7, 11) is 0. The number of thioether (sulfide) groups is 2. The van der Waals surface area contributed by atoms with Gasteiger partial charge in [0.25, 0.3) is 5.91 Å². The van der Waals surface area contributed by atoms with E-state index in [9.17, 15) is 4.79 Å². The van der Waals surface area contributed by atoms with Gasteiger partial charge in [-0.2, -0.15) is 0 Å². The molecule has 3 nitrogen and oxygen atoms in total. The zero-order valence-corrected chi connectivity index (χ0v) is 14.7. The molecule has 1 amide bonds. The maximum absolute atomic E-state index is 12.6. The highest BCUT2D eigenvalue weighted by Gasteiger charge is 2.35. The van der Waals surface area contributed by atoms with Gasteiger partial charge in [-0.15, -0.1) is 23.5 Å². The molecule has 1 atom stereocenters. The van der Waals surface area contributed by atoms with Crippen molar-refractivity contribution in [1.82, 2.24) is 4.90 Å². The van der Waals surface area contributed by atoms with Gasteiger partial charge < -0.3 is 10.6 Å². The number of likely N-dealkylation sites (tertiary alicyclic amines) is 1. The van der Waals surface area contributed by atoms with Crippen LogP contribution >= 0.6 is 23.5 Å². The number of carbonyl (C=O) groups excluding carboxylic acids is 1. The third-order valence-electron chi connectivity index (χ3n) is 4.59. The number of rotatable bonds is 3. The van der Waals surface area contributed by atoms with Crippen LogP contribution in [0.25, 0.3) is 0 Å². The quantitative estimate of drug-likeness (QED) is 0.919. The fraction of sp³-hybridized carbons (Fsp3) is 0.588. The molecule has 1 aromatic carbocycles. The molecular formula is C17H24N2OS2. The minimum Gasteiger partial charge on any atom is -0.338 e. The van der Waals surface area contributed by atoms with Crippen LogP contribution in [0.3, 0.4) is 0 Å². The third kappa shape index (κ3) is 3.47. The van der Waals surface area contributed by atoms with Crippen LogP contribution in [0.15, 0.2) is 24.3 Å². The van der Waals surface area contributed by atoms with E-state index in [0.717, 1.165) is 25.1 Å². The molecule has 2 saturated heterocycles. The Labute approximate surface area is 141 Å². The molecule has 0 aromatic heterocycles. The lowest BCUT2D eigenvalue weighted by molar-refractivity contribution is 0.0777. The first kappa shape index (κ1) is 16.2. The SMILES string of the molecule is CC1(CN)CCN(C(=O)c2ccc(C3SCCCS3)cc2)C1. The highest BCUT2D eigenvalue weighted by Crippen LogP contribution is 2.43. The molecule has 2 aliphatic heterocycles. The summed E-state index contributed by atoms with van der Waals surface area (Å²) in [6, 6.07) is 8.24. The number of nitrogens with two attached hydrogens (primary N) is 1. The second kappa shape index (κ2) is 6.85. The number of benzene rings is 1. The zero-order valence-electron chi connectivity index (χ0n) is 13.1. The van der Waals surface area contributed by atoms with Crippen molar-refractivity contribution < 1.29 is 4.79 Å². The van der Waals surface area contributed by atoms with Crippen LogP contribution in [0.5, 0.6) is 0 Å². The van der Waals surface area contributed by atoms with Crippen molar-refractivity contribution in [2.45, 2.75) is 24.3 Å². The molecule has 2 fully saturated rings. The number of carbonyl (C=O) groups is 1. The Morgan fingerprint density at radius 3 is 2.59 bits per heavy atom. The second-order valence-corrected chi connectivity index (χ2v) is 9.26. The van der Waals surface area contributed by atoms with Crippen molar-refractivity contribution in [2.24, 2.45) is 11.1 Å². The van der Waals surface area contributed by atoms with Gasteiger partial charge in [0, 0.05) is 18.7 Å². The van der Waals surface area contributed by atoms with Crippen molar-refractivity contribution in [2.75, 3.05) is 31.1 Å². The summed E-state index contributed by atoms with van der Waals surface area (Å²) in [6.07, 6.45) is 2.31. The largest absolute Gasteiger partial charge is 0.338 e. The van der Waals surface area contributed by atoms with Crippen LogP contribution < -0.4 is 5.73 Å². The van der Waals surface area contributed by atoms with Crippen molar-refractivity contribution in [1.29, 1.82) is 0 Å². The Bertz CT molecular complexity index is 528. The van der Waals surface area contributed by atoms with Crippen LogP contribution in [0, 0.1) is 5.41 Å². The Morgan fingerprint density at radius 2 is 2.00 bits per heavy atom. The van der Waals surface area contributed by atoms with Gasteiger partial charge in [0.2, 0.25) is 0 Å². The Morgan fingerprint density at radius 1 is 1.32 bits per heavy atom. The number of nitrogens with zero attached hydrogens (tertiary/aromatic N) is 1. The summed E-state index contributed by atoms with van der Waals surface area (Å²) in [4.78, 5) is 14.6. The predicted octanol–water partition coefficient (Wildman–Crippen LogP) is 3.37. The van der Waals surface area contributed by atoms with E-state index in [2.05, 4.69) is 19.1 Å². The topological polar surface area (TPSA) is 46.3 Å². The van der Waals surface area contributed by atoms with E-state index >= 15 is 0 Å². The maximum Gasteiger partial charge on any atom is 0.253 e. The van der Waals surface area contributed by atoms with Gasteiger partial charge in [-0.25, -0.2) is 0 Å². The molecule has 2 heterocycles. The van der Waals surface area contributed by atoms with E-state index in [1.54, 1.807) is 0 Å². The monoisotopic (exact) mass is 336 g/mol. The molecule has 22 heavy (non-hydrogen) atoms. The van der Waals surface area contributed by atoms with Gasteiger partial charge in [0.1, 0.15) is 0 Å². The average Bonchev–Trinajstić information content (AvgIpc) is 2.98. The van der Waals surface area contributed by atoms with E-state index in [1.165, 1.54) is 23.5 Å². The van der Waals surface area contributed by atoms with E-state index in [-0.39, 0.29) is 11.3 Å². The van der Waals surface area contributed by atoms with Crippen LogP contribution in [-0.2, 0) is 0 Å². The number of hydrogen-bond acceptors (Lipinski definition) is 4. The van der Waals surface area contributed by atoms with Gasteiger partial charge in [0.05, 0.1) is 4.58 Å². The lowest BCUT2D eigenvalue weighted by atomic mass is 9.90. The van der Waals surface area contributed by atoms with Crippen LogP contribution in [-0.4, -0.2) is 41.9 Å².